The van der Waals surface area contributed by atoms with Gasteiger partial charge in [0, 0.05) is 16.1 Å². The molecule has 0 aliphatic heterocycles. The first-order chi connectivity index (χ1) is 27.7. The van der Waals surface area contributed by atoms with Crippen LogP contribution in [0.2, 0.25) is 66.5 Å². The molecule has 0 bridgehead atoms. The van der Waals surface area contributed by atoms with Crippen molar-refractivity contribution in [3.63, 3.8) is 0 Å². The summed E-state index contributed by atoms with van der Waals surface area (Å²) in [7, 11) is -6.51. The third-order valence-electron chi connectivity index (χ3n) is 16.7. The molecule has 2 nitrogen and oxygen atoms in total. The Balaban J connectivity index is 0. The van der Waals surface area contributed by atoms with E-state index in [2.05, 4.69) is 228 Å². The molecule has 4 rings (SSSR count). The zero-order chi connectivity index (χ0) is 47.2. The van der Waals surface area contributed by atoms with Gasteiger partial charge in [-0.25, -0.2) is 34.6 Å². The molecule has 0 spiro atoms. The molecule has 344 valence electrons. The molecule has 62 heavy (non-hydrogen) atoms. The molecule has 0 amide bonds. The smallest absolute Gasteiger partial charge is 2.00 e. The van der Waals surface area contributed by atoms with Crippen molar-refractivity contribution < 1.29 is 52.7 Å². The van der Waals surface area contributed by atoms with Gasteiger partial charge in [0.15, 0.2) is 0 Å². The molecule has 4 aromatic carbocycles. The Morgan fingerprint density at radius 2 is 0.758 bits per heavy atom. The van der Waals surface area contributed by atoms with Crippen LogP contribution in [0.4, 0.5) is 0 Å². The van der Waals surface area contributed by atoms with Crippen LogP contribution in [0.15, 0.2) is 48.5 Å². The van der Waals surface area contributed by atoms with E-state index < -0.39 is 32.3 Å². The second kappa shape index (κ2) is 25.7. The van der Waals surface area contributed by atoms with E-state index in [0.29, 0.717) is 0 Å². The SMILES string of the molecule is CC(C)[Si](c1c[cH-]c2c1cc[c-]2[Si](C(C)C)(C(C)C)C(C)C)(C(C)C)C(C)C.CC(C)[Si](c1ccc2[c-]([Si](C(C)C)(C(C)C)C(C)C)cc[c-]12)(C(C)C)C(C)C.[C-]#[O+].[C-]#[O+].[Ti+2].[Ti+2]. The summed E-state index contributed by atoms with van der Waals surface area (Å²) in [5, 5.41) is 13.4. The third kappa shape index (κ3) is 10.5. The fourth-order valence-corrected chi connectivity index (χ4v) is 43.3. The van der Waals surface area contributed by atoms with Crippen LogP contribution in [0.1, 0.15) is 166 Å². The molecular formula is C54H92O2Si4Ti2. The van der Waals surface area contributed by atoms with E-state index in [1.165, 1.54) is 0 Å². The molecule has 0 fully saturated rings. The van der Waals surface area contributed by atoms with Crippen molar-refractivity contribution in [3.8, 4) is 0 Å². The van der Waals surface area contributed by atoms with E-state index in [0.717, 1.165) is 66.5 Å². The topological polar surface area (TPSA) is 39.8 Å². The molecule has 0 saturated heterocycles. The van der Waals surface area contributed by atoms with Gasteiger partial charge in [-0.2, -0.15) is 23.4 Å². The minimum Gasteiger partial charge on any atom is 2.00 e. The Kier molecular flexibility index (Phi) is 26.5. The quantitative estimate of drug-likeness (QED) is 0.0610. The van der Waals surface area contributed by atoms with Gasteiger partial charge in [-0.3, -0.25) is 32.8 Å². The second-order valence-corrected chi connectivity index (χ2v) is 45.7. The van der Waals surface area contributed by atoms with Crippen molar-refractivity contribution in [3.05, 3.63) is 61.8 Å². The standard InChI is InChI=1S/2C26H46Si2.2CO.2Ti/c2*1-17(2)27(18(3)4,19(5)6)25-15-13-24-23(25)14-16-26(24)28(20(7)8,21(9)10)22(11)12;2*1-2;;/h2*13-22H,1-12H3;;;;/q2*-2;;;2*+2. The zero-order valence-corrected chi connectivity index (χ0v) is 51.5. The molecule has 0 aliphatic rings. The van der Waals surface area contributed by atoms with Gasteiger partial charge in [-0.05, 0) is 24.7 Å². The second-order valence-electron chi connectivity index (χ2n) is 22.2. The van der Waals surface area contributed by atoms with Crippen LogP contribution >= 0.6 is 0 Å². The zero-order valence-electron chi connectivity index (χ0n) is 44.4. The normalized spacial score (nSPS) is 12.9. The summed E-state index contributed by atoms with van der Waals surface area (Å²) < 4.78 is 15.0. The third-order valence-corrected chi connectivity index (χ3v) is 45.1. The summed E-state index contributed by atoms with van der Waals surface area (Å²) in [5.41, 5.74) is 9.15. The van der Waals surface area contributed by atoms with Crippen molar-refractivity contribution in [1.29, 1.82) is 0 Å². The van der Waals surface area contributed by atoms with Gasteiger partial charge in [-0.1, -0.05) is 216 Å². The van der Waals surface area contributed by atoms with E-state index >= 15 is 0 Å². The molecule has 0 heterocycles. The summed E-state index contributed by atoms with van der Waals surface area (Å²) in [6.07, 6.45) is 0. The van der Waals surface area contributed by atoms with Crippen LogP contribution in [0, 0.1) is 13.3 Å². The average molecular weight is 981 g/mol. The van der Waals surface area contributed by atoms with Crippen molar-refractivity contribution in [1.82, 2.24) is 0 Å². The molecule has 0 radical (unpaired) electrons. The number of hydrogen-bond acceptors (Lipinski definition) is 0. The minimum atomic E-state index is -1.63. The monoisotopic (exact) mass is 981 g/mol. The van der Waals surface area contributed by atoms with Gasteiger partial charge in [0.25, 0.3) is 0 Å². The van der Waals surface area contributed by atoms with Crippen molar-refractivity contribution in [2.45, 2.75) is 233 Å². The molecule has 0 atom stereocenters. The van der Waals surface area contributed by atoms with Crippen molar-refractivity contribution in [2.24, 2.45) is 0 Å². The predicted octanol–water partition coefficient (Wildman–Crippen LogP) is 16.0. The van der Waals surface area contributed by atoms with Crippen LogP contribution in [-0.4, -0.2) is 32.3 Å². The molecule has 4 aromatic rings. The maximum Gasteiger partial charge on any atom is 2.00 e. The molecular weight excluding hydrogens is 889 g/mol. The van der Waals surface area contributed by atoms with Gasteiger partial charge < -0.3 is 0 Å². The number of hydrogen-bond donors (Lipinski definition) is 0. The van der Waals surface area contributed by atoms with E-state index in [1.54, 1.807) is 42.3 Å². The predicted molar refractivity (Wildman–Crippen MR) is 281 cm³/mol. The maximum atomic E-state index is 7.50. The van der Waals surface area contributed by atoms with Crippen LogP contribution in [0.3, 0.4) is 0 Å². The molecule has 0 aromatic heterocycles. The van der Waals surface area contributed by atoms with Crippen LogP contribution in [0.5, 0.6) is 0 Å². The summed E-state index contributed by atoms with van der Waals surface area (Å²) in [6, 6.07) is 20.3. The van der Waals surface area contributed by atoms with Gasteiger partial charge in [0.05, 0.1) is 8.07 Å². The number of fused-ring (bicyclic) bond motifs is 2. The molecule has 0 aliphatic carbocycles. The van der Waals surface area contributed by atoms with Gasteiger partial charge in [-0.15, -0.1) is 0 Å². The Bertz CT molecular complexity index is 1560. The Hall–Kier alpha value is -0.304. The van der Waals surface area contributed by atoms with Gasteiger partial charge in [0.1, 0.15) is 0 Å². The first kappa shape index (κ1) is 63.8. The van der Waals surface area contributed by atoms with Crippen LogP contribution in [-0.2, 0) is 52.7 Å². The van der Waals surface area contributed by atoms with E-state index in [1.807, 2.05) is 0 Å². The molecule has 0 saturated carbocycles. The first-order valence-corrected chi connectivity index (χ1v) is 32.8. The fraction of sp³-hybridized carbons (Fsp3) is 0.667. The average Bonchev–Trinajstić information content (AvgIpc) is 3.92. The first-order valence-electron chi connectivity index (χ1n) is 23.9. The van der Waals surface area contributed by atoms with Crippen molar-refractivity contribution in [2.75, 3.05) is 0 Å². The van der Waals surface area contributed by atoms with E-state index in [4.69, 9.17) is 9.30 Å². The van der Waals surface area contributed by atoms with Crippen LogP contribution < -0.4 is 20.7 Å². The largest absolute Gasteiger partial charge is 2.00 e. The van der Waals surface area contributed by atoms with Gasteiger partial charge >= 0.3 is 66.0 Å². The Labute approximate surface area is 418 Å². The molecule has 8 heteroatoms. The van der Waals surface area contributed by atoms with Gasteiger partial charge in [0.2, 0.25) is 0 Å². The Morgan fingerprint density at radius 1 is 0.419 bits per heavy atom. The summed E-state index contributed by atoms with van der Waals surface area (Å²) in [5.74, 6) is 0. The summed E-state index contributed by atoms with van der Waals surface area (Å²) >= 11 is 0. The maximum absolute atomic E-state index is 7.50. The van der Waals surface area contributed by atoms with Crippen LogP contribution in [0.25, 0.3) is 21.5 Å². The summed E-state index contributed by atoms with van der Waals surface area (Å²) in [6.45, 7) is 68.8. The molecule has 0 unspecified atom stereocenters. The van der Waals surface area contributed by atoms with Crippen molar-refractivity contribution >= 4 is 74.6 Å². The number of rotatable bonds is 16. The van der Waals surface area contributed by atoms with E-state index in [-0.39, 0.29) is 43.4 Å². The Morgan fingerprint density at radius 3 is 1.08 bits per heavy atom. The fourth-order valence-electron chi connectivity index (χ4n) is 15.6. The minimum absolute atomic E-state index is 0. The summed E-state index contributed by atoms with van der Waals surface area (Å²) in [4.78, 5) is 0. The van der Waals surface area contributed by atoms with E-state index in [9.17, 15) is 0 Å². The molecule has 0 N–H and O–H groups in total.